The van der Waals surface area contributed by atoms with Crippen LogP contribution in [0.1, 0.15) is 23.5 Å². The van der Waals surface area contributed by atoms with Crippen LogP contribution in [-0.2, 0) is 0 Å². The molecular formula is C14H15ClN2O2S. The van der Waals surface area contributed by atoms with Crippen molar-refractivity contribution in [2.45, 2.75) is 19.4 Å². The number of amides is 1. The summed E-state index contributed by atoms with van der Waals surface area (Å²) >= 11 is 7.38. The fourth-order valence-electron chi connectivity index (χ4n) is 1.55. The predicted octanol–water partition coefficient (Wildman–Crippen LogP) is 2.96. The van der Waals surface area contributed by atoms with Gasteiger partial charge in [0.1, 0.15) is 9.88 Å². The molecule has 1 aromatic heterocycles. The molecule has 0 aliphatic carbocycles. The van der Waals surface area contributed by atoms with Crippen LogP contribution in [-0.4, -0.2) is 28.1 Å². The van der Waals surface area contributed by atoms with Crippen molar-refractivity contribution in [2.24, 2.45) is 0 Å². The number of thiazole rings is 1. The molecule has 0 aliphatic heterocycles. The second kappa shape index (κ2) is 5.91. The average Bonchev–Trinajstić information content (AvgIpc) is 2.88. The number of carbonyl (C=O) groups excluding carboxylic acids is 1. The summed E-state index contributed by atoms with van der Waals surface area (Å²) < 4.78 is 0. The second-order valence-corrected chi connectivity index (χ2v) is 6.44. The van der Waals surface area contributed by atoms with Gasteiger partial charge in [0.2, 0.25) is 0 Å². The van der Waals surface area contributed by atoms with Crippen LogP contribution in [0, 0.1) is 0 Å². The lowest BCUT2D eigenvalue weighted by Crippen LogP contribution is -2.46. The fourth-order valence-corrected chi connectivity index (χ4v) is 2.68. The van der Waals surface area contributed by atoms with Crippen molar-refractivity contribution < 1.29 is 9.90 Å². The summed E-state index contributed by atoms with van der Waals surface area (Å²) in [4.78, 5) is 16.8. The van der Waals surface area contributed by atoms with E-state index < -0.39 is 5.54 Å². The molecule has 0 atom stereocenters. The van der Waals surface area contributed by atoms with E-state index in [0.29, 0.717) is 14.9 Å². The third-order valence-corrected chi connectivity index (χ3v) is 4.04. The van der Waals surface area contributed by atoms with Gasteiger partial charge in [-0.2, -0.15) is 0 Å². The number of nitrogens with one attached hydrogen (secondary N) is 1. The van der Waals surface area contributed by atoms with Gasteiger partial charge in [-0.25, -0.2) is 4.98 Å². The van der Waals surface area contributed by atoms with E-state index in [1.165, 1.54) is 17.5 Å². The number of hydrogen-bond acceptors (Lipinski definition) is 4. The molecular weight excluding hydrogens is 296 g/mol. The van der Waals surface area contributed by atoms with Gasteiger partial charge >= 0.3 is 0 Å². The molecule has 2 rings (SSSR count). The minimum atomic E-state index is -0.661. The molecule has 0 spiro atoms. The van der Waals surface area contributed by atoms with Crippen molar-refractivity contribution in [3.8, 4) is 10.6 Å². The van der Waals surface area contributed by atoms with E-state index in [1.807, 2.05) is 18.2 Å². The molecule has 1 heterocycles. The number of nitrogens with zero attached hydrogens (tertiary/aromatic N) is 1. The third-order valence-electron chi connectivity index (χ3n) is 2.68. The van der Waals surface area contributed by atoms with Gasteiger partial charge in [-0.1, -0.05) is 29.8 Å². The number of hydrogen-bond donors (Lipinski definition) is 2. The lowest BCUT2D eigenvalue weighted by atomic mass is 10.1. The molecule has 0 bridgehead atoms. The number of aliphatic hydroxyl groups excluding tert-OH is 1. The van der Waals surface area contributed by atoms with Crippen molar-refractivity contribution in [2.75, 3.05) is 6.61 Å². The van der Waals surface area contributed by atoms with Crippen LogP contribution in [0.15, 0.2) is 30.5 Å². The predicted molar refractivity (Wildman–Crippen MR) is 81.2 cm³/mol. The SMILES string of the molecule is CC(C)(CO)NC(=O)c1cnc(-c2ccccc2Cl)s1. The minimum Gasteiger partial charge on any atom is -0.394 e. The molecule has 2 N–H and O–H groups in total. The Morgan fingerprint density at radius 1 is 1.45 bits per heavy atom. The summed E-state index contributed by atoms with van der Waals surface area (Å²) in [5, 5.41) is 13.2. The first kappa shape index (κ1) is 15.0. The zero-order valence-corrected chi connectivity index (χ0v) is 12.8. The molecule has 0 aliphatic rings. The van der Waals surface area contributed by atoms with Gasteiger partial charge in [0, 0.05) is 5.56 Å². The monoisotopic (exact) mass is 310 g/mol. The Hall–Kier alpha value is -1.43. The zero-order valence-electron chi connectivity index (χ0n) is 11.2. The molecule has 2 aromatic rings. The van der Waals surface area contributed by atoms with Crippen molar-refractivity contribution in [1.82, 2.24) is 10.3 Å². The Kier molecular flexibility index (Phi) is 4.42. The molecule has 0 saturated carbocycles. The maximum absolute atomic E-state index is 12.1. The van der Waals surface area contributed by atoms with Crippen LogP contribution in [0.3, 0.4) is 0 Å². The van der Waals surface area contributed by atoms with Crippen LogP contribution >= 0.6 is 22.9 Å². The first-order valence-electron chi connectivity index (χ1n) is 6.07. The van der Waals surface area contributed by atoms with Crippen LogP contribution in [0.4, 0.5) is 0 Å². The van der Waals surface area contributed by atoms with Gasteiger partial charge in [0.15, 0.2) is 0 Å². The Morgan fingerprint density at radius 3 is 2.80 bits per heavy atom. The van der Waals surface area contributed by atoms with E-state index in [9.17, 15) is 4.79 Å². The molecule has 0 saturated heterocycles. The summed E-state index contributed by atoms with van der Waals surface area (Å²) in [6, 6.07) is 7.36. The summed E-state index contributed by atoms with van der Waals surface area (Å²) in [5.74, 6) is -0.250. The van der Waals surface area contributed by atoms with E-state index in [4.69, 9.17) is 16.7 Å². The molecule has 1 amide bonds. The highest BCUT2D eigenvalue weighted by molar-refractivity contribution is 7.17. The van der Waals surface area contributed by atoms with E-state index in [-0.39, 0.29) is 12.5 Å². The summed E-state index contributed by atoms with van der Waals surface area (Å²) in [5.41, 5.74) is 0.144. The van der Waals surface area contributed by atoms with Gasteiger partial charge in [-0.15, -0.1) is 11.3 Å². The first-order valence-corrected chi connectivity index (χ1v) is 7.26. The molecule has 4 nitrogen and oxygen atoms in total. The van der Waals surface area contributed by atoms with Crippen molar-refractivity contribution in [3.63, 3.8) is 0 Å². The first-order chi connectivity index (χ1) is 9.43. The average molecular weight is 311 g/mol. The lowest BCUT2D eigenvalue weighted by Gasteiger charge is -2.22. The fraction of sp³-hybridized carbons (Fsp3) is 0.286. The highest BCUT2D eigenvalue weighted by Crippen LogP contribution is 2.30. The van der Waals surface area contributed by atoms with Crippen LogP contribution in [0.5, 0.6) is 0 Å². The molecule has 1 aromatic carbocycles. The third kappa shape index (κ3) is 3.36. The standard InChI is InChI=1S/C14H15ClN2O2S/c1-14(2,8-18)17-12(19)11-7-16-13(20-11)9-5-3-4-6-10(9)15/h3-7,18H,8H2,1-2H3,(H,17,19). The van der Waals surface area contributed by atoms with E-state index in [0.717, 1.165) is 5.56 Å². The smallest absolute Gasteiger partial charge is 0.263 e. The lowest BCUT2D eigenvalue weighted by molar-refractivity contribution is 0.0873. The Bertz CT molecular complexity index is 625. The molecule has 20 heavy (non-hydrogen) atoms. The topological polar surface area (TPSA) is 62.2 Å². The summed E-state index contributed by atoms with van der Waals surface area (Å²) in [6.07, 6.45) is 1.52. The Morgan fingerprint density at radius 2 is 2.15 bits per heavy atom. The summed E-state index contributed by atoms with van der Waals surface area (Å²) in [7, 11) is 0. The molecule has 0 fully saturated rings. The van der Waals surface area contributed by atoms with Gasteiger partial charge in [-0.3, -0.25) is 4.79 Å². The van der Waals surface area contributed by atoms with E-state index >= 15 is 0 Å². The number of aliphatic hydroxyl groups is 1. The summed E-state index contributed by atoms with van der Waals surface area (Å²) in [6.45, 7) is 3.37. The zero-order chi connectivity index (χ0) is 14.8. The van der Waals surface area contributed by atoms with Gasteiger partial charge < -0.3 is 10.4 Å². The van der Waals surface area contributed by atoms with Crippen LogP contribution in [0.25, 0.3) is 10.6 Å². The largest absolute Gasteiger partial charge is 0.394 e. The number of carbonyl (C=O) groups is 1. The van der Waals surface area contributed by atoms with Gasteiger partial charge in [0.05, 0.1) is 23.4 Å². The van der Waals surface area contributed by atoms with Crippen LogP contribution in [0.2, 0.25) is 5.02 Å². The maximum atomic E-state index is 12.1. The van der Waals surface area contributed by atoms with E-state index in [1.54, 1.807) is 19.9 Å². The van der Waals surface area contributed by atoms with Crippen molar-refractivity contribution in [3.05, 3.63) is 40.4 Å². The number of benzene rings is 1. The Labute approximate surface area is 126 Å². The van der Waals surface area contributed by atoms with Crippen molar-refractivity contribution in [1.29, 1.82) is 0 Å². The number of rotatable bonds is 4. The maximum Gasteiger partial charge on any atom is 0.263 e. The Balaban J connectivity index is 2.22. The van der Waals surface area contributed by atoms with Crippen molar-refractivity contribution >= 4 is 28.8 Å². The van der Waals surface area contributed by atoms with Gasteiger partial charge in [0.25, 0.3) is 5.91 Å². The molecule has 0 unspecified atom stereocenters. The normalized spacial score (nSPS) is 11.4. The van der Waals surface area contributed by atoms with Gasteiger partial charge in [-0.05, 0) is 19.9 Å². The number of aromatic nitrogens is 1. The molecule has 0 radical (unpaired) electrons. The quantitative estimate of drug-likeness (QED) is 0.912. The van der Waals surface area contributed by atoms with E-state index in [2.05, 4.69) is 10.3 Å². The molecule has 106 valence electrons. The number of halogens is 1. The highest BCUT2D eigenvalue weighted by atomic mass is 35.5. The second-order valence-electron chi connectivity index (χ2n) is 5.01. The molecule has 6 heteroatoms. The minimum absolute atomic E-state index is 0.130. The van der Waals surface area contributed by atoms with Crippen LogP contribution < -0.4 is 5.32 Å². The highest BCUT2D eigenvalue weighted by Gasteiger charge is 2.21.